The van der Waals surface area contributed by atoms with Gasteiger partial charge < -0.3 is 15.5 Å². The zero-order valence-corrected chi connectivity index (χ0v) is 7.37. The van der Waals surface area contributed by atoms with Crippen molar-refractivity contribution in [2.75, 3.05) is 6.54 Å². The maximum Gasteiger partial charge on any atom is 0.329 e. The van der Waals surface area contributed by atoms with Crippen molar-refractivity contribution in [2.24, 2.45) is 0 Å². The largest absolute Gasteiger partial charge is 0.478 e. The molecule has 12 heavy (non-hydrogen) atoms. The van der Waals surface area contributed by atoms with E-state index in [1.165, 1.54) is 6.20 Å². The molecule has 4 heteroatoms. The lowest BCUT2D eigenvalue weighted by Gasteiger charge is -2.20. The van der Waals surface area contributed by atoms with Crippen LogP contribution in [0.5, 0.6) is 0 Å². The number of aliphatic carboxylic acids is 1. The molecule has 70 valence electrons. The summed E-state index contributed by atoms with van der Waals surface area (Å²) in [6, 6.07) is 0. The monoisotopic (exact) mass is 173 g/mol. The maximum atomic E-state index is 10.0. The third kappa shape index (κ3) is 5.73. The van der Waals surface area contributed by atoms with E-state index in [2.05, 4.69) is 5.32 Å². The number of hydrogen-bond donors (Lipinski definition) is 3. The summed E-state index contributed by atoms with van der Waals surface area (Å²) in [6.45, 7) is 3.91. The first-order chi connectivity index (χ1) is 5.48. The topological polar surface area (TPSA) is 69.6 Å². The van der Waals surface area contributed by atoms with E-state index in [0.717, 1.165) is 6.08 Å². The number of carboxylic acids is 1. The van der Waals surface area contributed by atoms with Gasteiger partial charge in [0.15, 0.2) is 0 Å². The van der Waals surface area contributed by atoms with Gasteiger partial charge in [-0.2, -0.15) is 0 Å². The highest BCUT2D eigenvalue weighted by Gasteiger charge is 2.15. The number of nitrogens with one attached hydrogen (secondary N) is 1. The van der Waals surface area contributed by atoms with Gasteiger partial charge in [-0.05, 0) is 13.3 Å². The van der Waals surface area contributed by atoms with Crippen molar-refractivity contribution in [1.29, 1.82) is 0 Å². The molecule has 0 saturated carbocycles. The Morgan fingerprint density at radius 3 is 2.67 bits per heavy atom. The molecule has 0 aliphatic rings. The molecule has 1 atom stereocenters. The molecular weight excluding hydrogens is 158 g/mol. The first kappa shape index (κ1) is 11.0. The SMILES string of the molecule is CCC(C)(O)CN/C=C/C(=O)O. The van der Waals surface area contributed by atoms with Gasteiger partial charge in [0.2, 0.25) is 0 Å². The minimum absolute atomic E-state index is 0.354. The third-order valence-electron chi connectivity index (χ3n) is 1.59. The van der Waals surface area contributed by atoms with E-state index in [4.69, 9.17) is 5.11 Å². The van der Waals surface area contributed by atoms with E-state index >= 15 is 0 Å². The van der Waals surface area contributed by atoms with Gasteiger partial charge in [-0.15, -0.1) is 0 Å². The summed E-state index contributed by atoms with van der Waals surface area (Å²) in [6.07, 6.45) is 2.93. The standard InChI is InChI=1S/C8H15NO3/c1-3-8(2,12)6-9-5-4-7(10)11/h4-5,9,12H,3,6H2,1-2H3,(H,10,11)/b5-4+. The van der Waals surface area contributed by atoms with E-state index < -0.39 is 11.6 Å². The first-order valence-corrected chi connectivity index (χ1v) is 3.83. The molecule has 0 aromatic carbocycles. The maximum absolute atomic E-state index is 10.0. The van der Waals surface area contributed by atoms with Crippen molar-refractivity contribution in [3.05, 3.63) is 12.3 Å². The Bertz CT molecular complexity index is 175. The van der Waals surface area contributed by atoms with Crippen LogP contribution in [-0.4, -0.2) is 28.3 Å². The molecule has 0 rings (SSSR count). The van der Waals surface area contributed by atoms with Gasteiger partial charge in [0, 0.05) is 18.8 Å². The van der Waals surface area contributed by atoms with E-state index in [9.17, 15) is 9.90 Å². The third-order valence-corrected chi connectivity index (χ3v) is 1.59. The van der Waals surface area contributed by atoms with Crippen molar-refractivity contribution in [3.63, 3.8) is 0 Å². The Balaban J connectivity index is 3.63. The lowest BCUT2D eigenvalue weighted by atomic mass is 10.0. The highest BCUT2D eigenvalue weighted by Crippen LogP contribution is 2.05. The van der Waals surface area contributed by atoms with Gasteiger partial charge >= 0.3 is 5.97 Å². The molecule has 0 aliphatic heterocycles. The molecule has 0 spiro atoms. The number of carboxylic acid groups (broad SMARTS) is 1. The van der Waals surface area contributed by atoms with Crippen LogP contribution in [0.3, 0.4) is 0 Å². The fourth-order valence-electron chi connectivity index (χ4n) is 0.534. The second kappa shape index (κ2) is 4.77. The van der Waals surface area contributed by atoms with Crippen LogP contribution in [0.4, 0.5) is 0 Å². The summed E-state index contributed by atoms with van der Waals surface area (Å²) in [4.78, 5) is 10.0. The van der Waals surface area contributed by atoms with Gasteiger partial charge in [-0.25, -0.2) is 4.79 Å². The minimum Gasteiger partial charge on any atom is -0.478 e. The van der Waals surface area contributed by atoms with Crippen molar-refractivity contribution >= 4 is 5.97 Å². The molecule has 0 saturated heterocycles. The normalized spacial score (nSPS) is 15.9. The van der Waals surface area contributed by atoms with Gasteiger partial charge in [0.05, 0.1) is 5.60 Å². The summed E-state index contributed by atoms with van der Waals surface area (Å²) < 4.78 is 0. The molecule has 0 radical (unpaired) electrons. The van der Waals surface area contributed by atoms with Crippen LogP contribution < -0.4 is 5.32 Å². The smallest absolute Gasteiger partial charge is 0.329 e. The second-order valence-corrected chi connectivity index (χ2v) is 2.90. The van der Waals surface area contributed by atoms with E-state index in [1.807, 2.05) is 6.92 Å². The summed E-state index contributed by atoms with van der Waals surface area (Å²) in [5.41, 5.74) is -0.775. The minimum atomic E-state index is -1.00. The van der Waals surface area contributed by atoms with Crippen LogP contribution in [0.15, 0.2) is 12.3 Å². The fourth-order valence-corrected chi connectivity index (χ4v) is 0.534. The Morgan fingerprint density at radius 1 is 1.67 bits per heavy atom. The predicted octanol–water partition coefficient (Wildman–Crippen LogP) is 0.335. The predicted molar refractivity (Wildman–Crippen MR) is 45.7 cm³/mol. The molecule has 0 amide bonds. The summed E-state index contributed by atoms with van der Waals surface area (Å²) in [5, 5.41) is 20.4. The van der Waals surface area contributed by atoms with Crippen LogP contribution in [0, 0.1) is 0 Å². The van der Waals surface area contributed by atoms with Gasteiger partial charge in [-0.1, -0.05) is 6.92 Å². The quantitative estimate of drug-likeness (QED) is 0.524. The summed E-state index contributed by atoms with van der Waals surface area (Å²) in [5.74, 6) is -1.00. The Kier molecular flexibility index (Phi) is 4.36. The zero-order chi connectivity index (χ0) is 9.61. The van der Waals surface area contributed by atoms with Crippen molar-refractivity contribution in [3.8, 4) is 0 Å². The van der Waals surface area contributed by atoms with Gasteiger partial charge in [0.25, 0.3) is 0 Å². The van der Waals surface area contributed by atoms with E-state index in [0.29, 0.717) is 13.0 Å². The van der Waals surface area contributed by atoms with Crippen LogP contribution >= 0.6 is 0 Å². The van der Waals surface area contributed by atoms with Gasteiger partial charge in [0.1, 0.15) is 0 Å². The molecule has 1 unspecified atom stereocenters. The molecule has 0 aromatic rings. The molecule has 0 aromatic heterocycles. The molecule has 0 bridgehead atoms. The van der Waals surface area contributed by atoms with Crippen molar-refractivity contribution < 1.29 is 15.0 Å². The second-order valence-electron chi connectivity index (χ2n) is 2.90. The van der Waals surface area contributed by atoms with E-state index in [-0.39, 0.29) is 0 Å². The van der Waals surface area contributed by atoms with Crippen molar-refractivity contribution in [2.45, 2.75) is 25.9 Å². The molecule has 0 heterocycles. The van der Waals surface area contributed by atoms with Gasteiger partial charge in [-0.3, -0.25) is 0 Å². The molecule has 4 nitrogen and oxygen atoms in total. The number of aliphatic hydroxyl groups is 1. The molecular formula is C8H15NO3. The summed E-state index contributed by atoms with van der Waals surface area (Å²) in [7, 11) is 0. The van der Waals surface area contributed by atoms with Crippen LogP contribution in [-0.2, 0) is 4.79 Å². The Morgan fingerprint density at radius 2 is 2.25 bits per heavy atom. The van der Waals surface area contributed by atoms with Crippen LogP contribution in [0.25, 0.3) is 0 Å². The number of hydrogen-bond acceptors (Lipinski definition) is 3. The molecule has 0 fully saturated rings. The average molecular weight is 173 g/mol. The number of rotatable bonds is 5. The lowest BCUT2D eigenvalue weighted by Crippen LogP contribution is -2.34. The molecule has 0 aliphatic carbocycles. The van der Waals surface area contributed by atoms with E-state index in [1.54, 1.807) is 6.92 Å². The van der Waals surface area contributed by atoms with Crippen molar-refractivity contribution in [1.82, 2.24) is 5.32 Å². The fraction of sp³-hybridized carbons (Fsp3) is 0.625. The average Bonchev–Trinajstić information content (AvgIpc) is 1.98. The highest BCUT2D eigenvalue weighted by molar-refractivity contribution is 5.79. The van der Waals surface area contributed by atoms with Crippen LogP contribution in [0.2, 0.25) is 0 Å². The zero-order valence-electron chi connectivity index (χ0n) is 7.37. The Labute approximate surface area is 71.9 Å². The number of carbonyl (C=O) groups is 1. The van der Waals surface area contributed by atoms with Crippen LogP contribution in [0.1, 0.15) is 20.3 Å². The Hall–Kier alpha value is -1.03. The first-order valence-electron chi connectivity index (χ1n) is 3.83. The summed E-state index contributed by atoms with van der Waals surface area (Å²) >= 11 is 0. The lowest BCUT2D eigenvalue weighted by molar-refractivity contribution is -0.131. The molecule has 3 N–H and O–H groups in total. The highest BCUT2D eigenvalue weighted by atomic mass is 16.4.